The molecule has 0 bridgehead atoms. The van der Waals surface area contributed by atoms with E-state index in [1.165, 1.54) is 7.05 Å². The third kappa shape index (κ3) is 3.72. The van der Waals surface area contributed by atoms with Gasteiger partial charge in [-0.1, -0.05) is 0 Å². The van der Waals surface area contributed by atoms with Gasteiger partial charge in [0.15, 0.2) is 0 Å². The summed E-state index contributed by atoms with van der Waals surface area (Å²) in [5, 5.41) is -0.402. The molecular formula is C5H11N3O2S. The molecule has 0 spiro atoms. The van der Waals surface area contributed by atoms with Crippen molar-refractivity contribution in [2.24, 2.45) is 15.7 Å². The molecule has 5 nitrogen and oxygen atoms in total. The van der Waals surface area contributed by atoms with Gasteiger partial charge in [0.05, 0.1) is 0 Å². The van der Waals surface area contributed by atoms with Crippen LogP contribution >= 0.6 is 0 Å². The third-order valence-electron chi connectivity index (χ3n) is 0.976. The zero-order valence-electron chi connectivity index (χ0n) is 6.70. The topological polar surface area (TPSA) is 84.9 Å². The summed E-state index contributed by atoms with van der Waals surface area (Å²) < 4.78 is 21.3. The molecule has 0 radical (unpaired) electrons. The summed E-state index contributed by atoms with van der Waals surface area (Å²) in [5.41, 5.74) is 5.11. The lowest BCUT2D eigenvalue weighted by atomic mass is 10.7. The molecular weight excluding hydrogens is 166 g/mol. The number of sulfone groups is 1. The Bertz CT molecular complexity index is 289. The molecule has 0 amide bonds. The van der Waals surface area contributed by atoms with Gasteiger partial charge in [-0.05, 0) is 6.92 Å². The van der Waals surface area contributed by atoms with Crippen molar-refractivity contribution in [3.63, 3.8) is 0 Å². The average molecular weight is 177 g/mol. The van der Waals surface area contributed by atoms with Crippen LogP contribution in [0.3, 0.4) is 0 Å². The van der Waals surface area contributed by atoms with Crippen LogP contribution in [0.5, 0.6) is 0 Å². The Hall–Kier alpha value is -0.910. The van der Waals surface area contributed by atoms with Crippen LogP contribution in [-0.4, -0.2) is 32.7 Å². The SMILES string of the molecule is CN=C(C)N=C(N)S(C)(=O)=O. The van der Waals surface area contributed by atoms with Gasteiger partial charge in [0, 0.05) is 13.3 Å². The third-order valence-corrected chi connectivity index (χ3v) is 1.83. The van der Waals surface area contributed by atoms with E-state index in [0.29, 0.717) is 5.84 Å². The molecule has 6 heteroatoms. The monoisotopic (exact) mass is 177 g/mol. The van der Waals surface area contributed by atoms with E-state index in [2.05, 4.69) is 9.98 Å². The fourth-order valence-corrected chi connectivity index (χ4v) is 0.590. The lowest BCUT2D eigenvalue weighted by molar-refractivity contribution is 0.612. The number of amidine groups is 2. The van der Waals surface area contributed by atoms with Crippen molar-refractivity contribution in [2.75, 3.05) is 13.3 Å². The molecule has 0 unspecified atom stereocenters. The van der Waals surface area contributed by atoms with Gasteiger partial charge in [-0.2, -0.15) is 0 Å². The van der Waals surface area contributed by atoms with Gasteiger partial charge in [-0.3, -0.25) is 4.99 Å². The molecule has 11 heavy (non-hydrogen) atoms. The number of rotatable bonds is 0. The zero-order chi connectivity index (χ0) is 9.07. The molecule has 0 aromatic rings. The quantitative estimate of drug-likeness (QED) is 0.396. The van der Waals surface area contributed by atoms with Gasteiger partial charge in [0.25, 0.3) is 0 Å². The van der Waals surface area contributed by atoms with E-state index < -0.39 is 15.0 Å². The van der Waals surface area contributed by atoms with Crippen molar-refractivity contribution >= 4 is 20.8 Å². The highest BCUT2D eigenvalue weighted by atomic mass is 32.2. The number of hydrogen-bond acceptors (Lipinski definition) is 3. The van der Waals surface area contributed by atoms with Crippen LogP contribution in [0.2, 0.25) is 0 Å². The highest BCUT2D eigenvalue weighted by Crippen LogP contribution is 1.85. The number of hydrogen-bond donors (Lipinski definition) is 1. The van der Waals surface area contributed by atoms with Gasteiger partial charge in [-0.15, -0.1) is 0 Å². The van der Waals surface area contributed by atoms with E-state index >= 15 is 0 Å². The first-order valence-corrected chi connectivity index (χ1v) is 4.74. The summed E-state index contributed by atoms with van der Waals surface area (Å²) in [6.07, 6.45) is 0.995. The Morgan fingerprint density at radius 2 is 1.91 bits per heavy atom. The minimum absolute atomic E-state index is 0.341. The molecule has 0 aliphatic heterocycles. The second-order valence-corrected chi connectivity index (χ2v) is 3.96. The fraction of sp³-hybridized carbons (Fsp3) is 0.600. The van der Waals surface area contributed by atoms with Crippen LogP contribution in [0.25, 0.3) is 0 Å². The fourth-order valence-electron chi connectivity index (χ4n) is 0.292. The molecule has 0 saturated carbocycles. The predicted molar refractivity (Wildman–Crippen MR) is 45.5 cm³/mol. The molecule has 0 aliphatic rings. The van der Waals surface area contributed by atoms with Crippen LogP contribution < -0.4 is 5.73 Å². The maximum atomic E-state index is 10.7. The number of nitrogens with zero attached hydrogens (tertiary/aromatic N) is 2. The van der Waals surface area contributed by atoms with Crippen molar-refractivity contribution in [1.82, 2.24) is 0 Å². The van der Waals surface area contributed by atoms with Crippen molar-refractivity contribution in [1.29, 1.82) is 0 Å². The molecule has 0 atom stereocenters. The van der Waals surface area contributed by atoms with Crippen LogP contribution in [0.15, 0.2) is 9.98 Å². The first kappa shape index (κ1) is 10.1. The summed E-state index contributed by atoms with van der Waals surface area (Å²) in [6, 6.07) is 0. The molecule has 64 valence electrons. The lowest BCUT2D eigenvalue weighted by Gasteiger charge is -1.94. The highest BCUT2D eigenvalue weighted by molar-refractivity contribution is 8.05. The maximum Gasteiger partial charge on any atom is 0.219 e. The number of aliphatic imine (C=N–C) groups is 2. The summed E-state index contributed by atoms with van der Waals surface area (Å²) in [6.45, 7) is 1.57. The summed E-state index contributed by atoms with van der Waals surface area (Å²) >= 11 is 0. The highest BCUT2D eigenvalue weighted by Gasteiger charge is 2.07. The lowest BCUT2D eigenvalue weighted by Crippen LogP contribution is -2.23. The molecule has 0 fully saturated rings. The maximum absolute atomic E-state index is 10.7. The van der Waals surface area contributed by atoms with E-state index in [9.17, 15) is 8.42 Å². The second-order valence-electron chi connectivity index (χ2n) is 1.99. The summed E-state index contributed by atoms with van der Waals surface area (Å²) in [7, 11) is -1.85. The molecule has 0 aliphatic carbocycles. The van der Waals surface area contributed by atoms with Gasteiger partial charge in [0.1, 0.15) is 5.84 Å². The zero-order valence-corrected chi connectivity index (χ0v) is 7.51. The predicted octanol–water partition coefficient (Wildman–Crippen LogP) is -0.606. The van der Waals surface area contributed by atoms with Gasteiger partial charge in [0.2, 0.25) is 15.0 Å². The van der Waals surface area contributed by atoms with Crippen molar-refractivity contribution in [2.45, 2.75) is 6.92 Å². The minimum Gasteiger partial charge on any atom is -0.374 e. The summed E-state index contributed by atoms with van der Waals surface area (Å²) in [4.78, 5) is 7.15. The van der Waals surface area contributed by atoms with E-state index in [4.69, 9.17) is 5.73 Å². The Morgan fingerprint density at radius 1 is 1.45 bits per heavy atom. The van der Waals surface area contributed by atoms with Crippen LogP contribution in [0.1, 0.15) is 6.92 Å². The molecule has 0 rings (SSSR count). The van der Waals surface area contributed by atoms with E-state index in [-0.39, 0.29) is 0 Å². The van der Waals surface area contributed by atoms with Crippen LogP contribution in [0, 0.1) is 0 Å². The molecule has 0 aromatic heterocycles. The molecule has 0 heterocycles. The van der Waals surface area contributed by atoms with Gasteiger partial charge in [-0.25, -0.2) is 13.4 Å². The van der Waals surface area contributed by atoms with Crippen LogP contribution in [0.4, 0.5) is 0 Å². The van der Waals surface area contributed by atoms with Crippen molar-refractivity contribution < 1.29 is 8.42 Å². The van der Waals surface area contributed by atoms with E-state index in [0.717, 1.165) is 6.26 Å². The first-order valence-electron chi connectivity index (χ1n) is 2.85. The Balaban J connectivity index is 4.77. The molecule has 0 aromatic carbocycles. The smallest absolute Gasteiger partial charge is 0.219 e. The van der Waals surface area contributed by atoms with E-state index in [1.807, 2.05) is 0 Å². The Labute approximate surface area is 66.0 Å². The number of nitrogens with two attached hydrogens (primary N) is 1. The largest absolute Gasteiger partial charge is 0.374 e. The second kappa shape index (κ2) is 3.47. The van der Waals surface area contributed by atoms with Crippen molar-refractivity contribution in [3.05, 3.63) is 0 Å². The van der Waals surface area contributed by atoms with Gasteiger partial charge >= 0.3 is 0 Å². The Kier molecular flexibility index (Phi) is 3.18. The average Bonchev–Trinajstić information content (AvgIpc) is 1.85. The van der Waals surface area contributed by atoms with Crippen molar-refractivity contribution in [3.8, 4) is 0 Å². The normalized spacial score (nSPS) is 15.2. The minimum atomic E-state index is -3.36. The van der Waals surface area contributed by atoms with Gasteiger partial charge < -0.3 is 5.73 Å². The Morgan fingerprint density at radius 3 is 2.18 bits per heavy atom. The first-order chi connectivity index (χ1) is 4.88. The van der Waals surface area contributed by atoms with Crippen LogP contribution in [-0.2, 0) is 9.84 Å². The standard InChI is InChI=1S/C5H11N3O2S/c1-4(7-2)8-5(6)11(3,9)10/h1-3H3,(H2,6,7,8). The summed E-state index contributed by atoms with van der Waals surface area (Å²) in [5.74, 6) is 0.341. The van der Waals surface area contributed by atoms with E-state index in [1.54, 1.807) is 6.92 Å². The molecule has 2 N–H and O–H groups in total. The molecule has 0 saturated heterocycles.